The molecule has 31 heavy (non-hydrogen) atoms. The highest BCUT2D eigenvalue weighted by Gasteiger charge is 2.20. The van der Waals surface area contributed by atoms with Crippen molar-refractivity contribution in [3.63, 3.8) is 0 Å². The van der Waals surface area contributed by atoms with E-state index in [9.17, 15) is 5.11 Å². The normalized spacial score (nSPS) is 15.4. The SMILES string of the molecule is CCNC(=NCc1ccccc1CO)NC1CCN(Cc2ccc(Cl)c(Cl)c2)CC1.I. The molecule has 0 spiro atoms. The van der Waals surface area contributed by atoms with Crippen LogP contribution in [0.3, 0.4) is 0 Å². The summed E-state index contributed by atoms with van der Waals surface area (Å²) in [4.78, 5) is 7.18. The summed E-state index contributed by atoms with van der Waals surface area (Å²) in [6.45, 7) is 6.38. The van der Waals surface area contributed by atoms with Crippen LogP contribution in [-0.2, 0) is 19.7 Å². The van der Waals surface area contributed by atoms with Crippen LogP contribution in [0, 0.1) is 0 Å². The van der Waals surface area contributed by atoms with Gasteiger partial charge >= 0.3 is 0 Å². The molecule has 1 heterocycles. The lowest BCUT2D eigenvalue weighted by Gasteiger charge is -2.33. The minimum absolute atomic E-state index is 0. The molecule has 1 saturated heterocycles. The Morgan fingerprint density at radius 3 is 2.45 bits per heavy atom. The standard InChI is InChI=1S/C23H30Cl2N4O.HI/c1-2-26-23(27-14-18-5-3-4-6-19(18)16-30)28-20-9-11-29(12-10-20)15-17-7-8-21(24)22(25)13-17;/h3-8,13,20,30H,2,9-12,14-16H2,1H3,(H2,26,27,28);1H. The summed E-state index contributed by atoms with van der Waals surface area (Å²) in [6.07, 6.45) is 2.11. The van der Waals surface area contributed by atoms with Crippen molar-refractivity contribution in [1.82, 2.24) is 15.5 Å². The van der Waals surface area contributed by atoms with Crippen LogP contribution in [0.15, 0.2) is 47.5 Å². The number of piperidine rings is 1. The molecule has 0 bridgehead atoms. The number of guanidine groups is 1. The van der Waals surface area contributed by atoms with Crippen LogP contribution in [0.2, 0.25) is 10.0 Å². The molecular formula is C23H31Cl2IN4O. The smallest absolute Gasteiger partial charge is 0.191 e. The molecule has 5 nitrogen and oxygen atoms in total. The predicted molar refractivity (Wildman–Crippen MR) is 140 cm³/mol. The predicted octanol–water partition coefficient (Wildman–Crippen LogP) is 4.82. The van der Waals surface area contributed by atoms with Crippen LogP contribution in [0.5, 0.6) is 0 Å². The van der Waals surface area contributed by atoms with Crippen LogP contribution in [0.4, 0.5) is 0 Å². The van der Waals surface area contributed by atoms with Gasteiger partial charge in [-0.05, 0) is 48.6 Å². The first kappa shape index (κ1) is 26.2. The van der Waals surface area contributed by atoms with Gasteiger partial charge in [0.25, 0.3) is 0 Å². The second-order valence-corrected chi connectivity index (χ2v) is 8.38. The summed E-state index contributed by atoms with van der Waals surface area (Å²) in [5.74, 6) is 0.827. The van der Waals surface area contributed by atoms with Gasteiger partial charge in [0.1, 0.15) is 0 Å². The van der Waals surface area contributed by atoms with Gasteiger partial charge in [0.05, 0.1) is 23.2 Å². The number of nitrogens with zero attached hydrogens (tertiary/aromatic N) is 2. The molecule has 0 atom stereocenters. The zero-order valence-corrected chi connectivity index (χ0v) is 21.6. The summed E-state index contributed by atoms with van der Waals surface area (Å²) < 4.78 is 0. The molecule has 1 aliphatic heterocycles. The number of halogens is 3. The van der Waals surface area contributed by atoms with Crippen molar-refractivity contribution >= 4 is 53.1 Å². The molecule has 170 valence electrons. The van der Waals surface area contributed by atoms with Gasteiger partial charge in [-0.25, -0.2) is 4.99 Å². The van der Waals surface area contributed by atoms with E-state index in [0.717, 1.165) is 56.1 Å². The van der Waals surface area contributed by atoms with Gasteiger partial charge in [-0.3, -0.25) is 4.90 Å². The maximum atomic E-state index is 9.51. The van der Waals surface area contributed by atoms with Crippen molar-refractivity contribution < 1.29 is 5.11 Å². The molecule has 0 aromatic heterocycles. The summed E-state index contributed by atoms with van der Waals surface area (Å²) in [5.41, 5.74) is 3.16. The number of nitrogens with one attached hydrogen (secondary N) is 2. The molecule has 0 aliphatic carbocycles. The highest BCUT2D eigenvalue weighted by atomic mass is 127. The molecule has 2 aromatic rings. The minimum Gasteiger partial charge on any atom is -0.392 e. The molecule has 8 heteroatoms. The quantitative estimate of drug-likeness (QED) is 0.251. The summed E-state index contributed by atoms with van der Waals surface area (Å²) in [6, 6.07) is 14.1. The Kier molecular flexibility index (Phi) is 11.4. The second-order valence-electron chi connectivity index (χ2n) is 7.57. The number of hydrogen-bond donors (Lipinski definition) is 3. The van der Waals surface area contributed by atoms with Crippen LogP contribution in [-0.4, -0.2) is 41.6 Å². The fraction of sp³-hybridized carbons (Fsp3) is 0.435. The van der Waals surface area contributed by atoms with Crippen LogP contribution >= 0.6 is 47.2 Å². The van der Waals surface area contributed by atoms with E-state index in [1.54, 1.807) is 0 Å². The number of rotatable bonds is 7. The van der Waals surface area contributed by atoms with E-state index in [1.807, 2.05) is 42.5 Å². The van der Waals surface area contributed by atoms with E-state index in [-0.39, 0.29) is 30.6 Å². The average molecular weight is 577 g/mol. The van der Waals surface area contributed by atoms with E-state index in [4.69, 9.17) is 28.2 Å². The van der Waals surface area contributed by atoms with Crippen LogP contribution < -0.4 is 10.6 Å². The minimum atomic E-state index is 0. The first-order valence-corrected chi connectivity index (χ1v) is 11.2. The third-order valence-electron chi connectivity index (χ3n) is 5.36. The van der Waals surface area contributed by atoms with Crippen molar-refractivity contribution in [1.29, 1.82) is 0 Å². The van der Waals surface area contributed by atoms with Crippen molar-refractivity contribution in [2.75, 3.05) is 19.6 Å². The molecule has 3 N–H and O–H groups in total. The molecule has 2 aromatic carbocycles. The van der Waals surface area contributed by atoms with Crippen LogP contribution in [0.1, 0.15) is 36.5 Å². The van der Waals surface area contributed by atoms with Crippen LogP contribution in [0.25, 0.3) is 0 Å². The number of likely N-dealkylation sites (tertiary alicyclic amines) is 1. The Morgan fingerprint density at radius 2 is 1.81 bits per heavy atom. The summed E-state index contributed by atoms with van der Waals surface area (Å²) in [7, 11) is 0. The maximum absolute atomic E-state index is 9.51. The van der Waals surface area contributed by atoms with E-state index >= 15 is 0 Å². The van der Waals surface area contributed by atoms with E-state index < -0.39 is 0 Å². The number of benzene rings is 2. The van der Waals surface area contributed by atoms with Crippen molar-refractivity contribution in [2.45, 2.75) is 45.5 Å². The fourth-order valence-corrected chi connectivity index (χ4v) is 4.00. The Bertz CT molecular complexity index is 857. The summed E-state index contributed by atoms with van der Waals surface area (Å²) >= 11 is 12.2. The monoisotopic (exact) mass is 576 g/mol. The summed E-state index contributed by atoms with van der Waals surface area (Å²) in [5, 5.41) is 17.6. The number of aliphatic imine (C=N–C) groups is 1. The lowest BCUT2D eigenvalue weighted by molar-refractivity contribution is 0.198. The molecule has 0 amide bonds. The number of aliphatic hydroxyl groups excluding tert-OH is 1. The van der Waals surface area contributed by atoms with Gasteiger partial charge < -0.3 is 15.7 Å². The lowest BCUT2D eigenvalue weighted by atomic mass is 10.0. The molecular weight excluding hydrogens is 546 g/mol. The zero-order chi connectivity index (χ0) is 21.3. The van der Waals surface area contributed by atoms with Crippen molar-refractivity contribution in [3.8, 4) is 0 Å². The van der Waals surface area contributed by atoms with E-state index in [1.165, 1.54) is 5.56 Å². The molecule has 0 unspecified atom stereocenters. The van der Waals surface area contributed by atoms with Gasteiger partial charge in [-0.15, -0.1) is 24.0 Å². The number of hydrogen-bond acceptors (Lipinski definition) is 3. The van der Waals surface area contributed by atoms with Gasteiger partial charge in [0.2, 0.25) is 0 Å². The Labute approximate surface area is 212 Å². The maximum Gasteiger partial charge on any atom is 0.191 e. The van der Waals surface area contributed by atoms with Crippen molar-refractivity contribution in [3.05, 3.63) is 69.2 Å². The topological polar surface area (TPSA) is 59.9 Å². The second kappa shape index (κ2) is 13.5. The molecule has 3 rings (SSSR count). The Balaban J connectivity index is 0.00000341. The Morgan fingerprint density at radius 1 is 1.10 bits per heavy atom. The largest absolute Gasteiger partial charge is 0.392 e. The Hall–Kier alpha value is -1.06. The van der Waals surface area contributed by atoms with E-state index in [0.29, 0.717) is 22.6 Å². The molecule has 0 saturated carbocycles. The lowest BCUT2D eigenvalue weighted by Crippen LogP contribution is -2.48. The first-order valence-electron chi connectivity index (χ1n) is 10.5. The third kappa shape index (κ3) is 8.09. The zero-order valence-electron chi connectivity index (χ0n) is 17.8. The highest BCUT2D eigenvalue weighted by Crippen LogP contribution is 2.24. The van der Waals surface area contributed by atoms with Gasteiger partial charge in [-0.2, -0.15) is 0 Å². The van der Waals surface area contributed by atoms with Gasteiger partial charge in [0, 0.05) is 32.2 Å². The number of aliphatic hydroxyl groups is 1. The fourth-order valence-electron chi connectivity index (χ4n) is 3.68. The molecule has 0 radical (unpaired) electrons. The van der Waals surface area contributed by atoms with Gasteiger partial charge in [-0.1, -0.05) is 53.5 Å². The molecule has 1 fully saturated rings. The third-order valence-corrected chi connectivity index (χ3v) is 6.10. The van der Waals surface area contributed by atoms with Crippen molar-refractivity contribution in [2.24, 2.45) is 4.99 Å². The first-order chi connectivity index (χ1) is 14.6. The highest BCUT2D eigenvalue weighted by molar-refractivity contribution is 14.0. The van der Waals surface area contributed by atoms with E-state index in [2.05, 4.69) is 22.5 Å². The van der Waals surface area contributed by atoms with Gasteiger partial charge in [0.15, 0.2) is 5.96 Å². The average Bonchev–Trinajstić information content (AvgIpc) is 2.76. The molecule has 1 aliphatic rings.